The van der Waals surface area contributed by atoms with Crippen LogP contribution < -0.4 is 0 Å². The van der Waals surface area contributed by atoms with Gasteiger partial charge < -0.3 is 14.2 Å². The van der Waals surface area contributed by atoms with Crippen molar-refractivity contribution in [2.24, 2.45) is 4.99 Å². The van der Waals surface area contributed by atoms with Crippen molar-refractivity contribution < 1.29 is 14.1 Å². The van der Waals surface area contributed by atoms with Crippen LogP contribution in [-0.4, -0.2) is 39.1 Å². The maximum Gasteiger partial charge on any atom is 0.435 e. The van der Waals surface area contributed by atoms with Crippen molar-refractivity contribution in [2.45, 2.75) is 71.9 Å². The molecule has 23 heavy (non-hydrogen) atoms. The minimum absolute atomic E-state index is 0.0267. The molecule has 1 fully saturated rings. The molecule has 1 aliphatic heterocycles. The molecular formula is C16H26N4O3. The van der Waals surface area contributed by atoms with Crippen molar-refractivity contribution in [1.82, 2.24) is 15.0 Å². The second-order valence-electron chi connectivity index (χ2n) is 7.14. The number of nitrogens with zero attached hydrogens (tertiary/aromatic N) is 4. The minimum atomic E-state index is -0.575. The number of amidine groups is 1. The van der Waals surface area contributed by atoms with Crippen molar-refractivity contribution in [3.05, 3.63) is 11.7 Å². The third kappa shape index (κ3) is 4.53. The van der Waals surface area contributed by atoms with Crippen molar-refractivity contribution in [3.63, 3.8) is 0 Å². The summed E-state index contributed by atoms with van der Waals surface area (Å²) in [6.45, 7) is 12.1. The van der Waals surface area contributed by atoms with Crippen molar-refractivity contribution in [1.29, 1.82) is 0 Å². The van der Waals surface area contributed by atoms with E-state index in [9.17, 15) is 4.79 Å². The van der Waals surface area contributed by atoms with Gasteiger partial charge in [0, 0.05) is 12.5 Å². The Morgan fingerprint density at radius 1 is 1.43 bits per heavy atom. The van der Waals surface area contributed by atoms with Gasteiger partial charge in [-0.1, -0.05) is 19.0 Å². The van der Waals surface area contributed by atoms with Crippen LogP contribution in [0.3, 0.4) is 0 Å². The highest BCUT2D eigenvalue weighted by atomic mass is 16.6. The lowest BCUT2D eigenvalue weighted by Crippen LogP contribution is -2.30. The number of ether oxygens (including phenoxy) is 1. The average molecular weight is 322 g/mol. The maximum absolute atomic E-state index is 11.9. The smallest absolute Gasteiger partial charge is 0.435 e. The number of amides is 1. The molecule has 0 spiro atoms. The van der Waals surface area contributed by atoms with E-state index in [1.165, 1.54) is 0 Å². The molecule has 2 rings (SSSR count). The summed E-state index contributed by atoms with van der Waals surface area (Å²) in [6, 6.07) is -0.0267. The Bertz CT molecular complexity index is 586. The first-order chi connectivity index (χ1) is 10.7. The standard InChI is InChI=1S/C16H26N4O3/c1-10(2)13-18-14(23-19-13)12-8-7-9-20(12)11(3)17-15(21)22-16(4,5)6/h10,12H,7-9H2,1-6H3/t12-/m0/s1. The van der Waals surface area contributed by atoms with E-state index in [0.717, 1.165) is 19.4 Å². The Morgan fingerprint density at radius 2 is 2.13 bits per heavy atom. The Kier molecular flexibility index (Phi) is 5.06. The summed E-state index contributed by atoms with van der Waals surface area (Å²) in [5.74, 6) is 2.13. The molecule has 0 radical (unpaired) electrons. The predicted molar refractivity (Wildman–Crippen MR) is 86.4 cm³/mol. The highest BCUT2D eigenvalue weighted by Gasteiger charge is 2.32. The van der Waals surface area contributed by atoms with Crippen molar-refractivity contribution in [3.8, 4) is 0 Å². The van der Waals surface area contributed by atoms with Gasteiger partial charge in [-0.3, -0.25) is 0 Å². The Balaban J connectivity index is 2.12. The molecule has 1 aromatic heterocycles. The molecule has 0 saturated carbocycles. The third-order valence-corrected chi connectivity index (χ3v) is 3.57. The van der Waals surface area contributed by atoms with Crippen LogP contribution in [0.1, 0.15) is 78.1 Å². The lowest BCUT2D eigenvalue weighted by molar-refractivity contribution is 0.0601. The molecule has 0 aromatic carbocycles. The van der Waals surface area contributed by atoms with Gasteiger partial charge in [0.05, 0.1) is 0 Å². The zero-order valence-corrected chi connectivity index (χ0v) is 14.8. The first-order valence-corrected chi connectivity index (χ1v) is 8.06. The van der Waals surface area contributed by atoms with Crippen LogP contribution in [-0.2, 0) is 4.74 Å². The van der Waals surface area contributed by atoms with E-state index in [1.54, 1.807) is 0 Å². The minimum Gasteiger partial charge on any atom is -0.442 e. The molecular weight excluding hydrogens is 296 g/mol. The molecule has 7 heteroatoms. The van der Waals surface area contributed by atoms with Crippen LogP contribution in [0.4, 0.5) is 4.79 Å². The van der Waals surface area contributed by atoms with Crippen LogP contribution in [0.15, 0.2) is 9.52 Å². The van der Waals surface area contributed by atoms with Gasteiger partial charge >= 0.3 is 6.09 Å². The number of rotatable bonds is 2. The fourth-order valence-electron chi connectivity index (χ4n) is 2.51. The summed E-state index contributed by atoms with van der Waals surface area (Å²) in [7, 11) is 0. The quantitative estimate of drug-likeness (QED) is 0.610. The average Bonchev–Trinajstić information content (AvgIpc) is 3.05. The van der Waals surface area contributed by atoms with E-state index in [1.807, 2.05) is 46.4 Å². The molecule has 1 atom stereocenters. The molecule has 0 bridgehead atoms. The largest absolute Gasteiger partial charge is 0.442 e. The highest BCUT2D eigenvalue weighted by molar-refractivity contribution is 5.90. The monoisotopic (exact) mass is 322 g/mol. The first-order valence-electron chi connectivity index (χ1n) is 8.06. The SMILES string of the molecule is CC(=NC(=O)OC(C)(C)C)N1CCC[C@H]1c1nc(C(C)C)no1. The summed E-state index contributed by atoms with van der Waals surface area (Å²) in [6.07, 6.45) is 1.32. The van der Waals surface area contributed by atoms with Crippen LogP contribution in [0.2, 0.25) is 0 Å². The zero-order chi connectivity index (χ0) is 17.2. The van der Waals surface area contributed by atoms with E-state index in [0.29, 0.717) is 17.6 Å². The molecule has 1 amide bonds. The molecule has 1 aliphatic rings. The van der Waals surface area contributed by atoms with Crippen molar-refractivity contribution in [2.75, 3.05) is 6.54 Å². The van der Waals surface area contributed by atoms with Gasteiger partial charge in [-0.2, -0.15) is 9.98 Å². The van der Waals surface area contributed by atoms with Crippen LogP contribution in [0.5, 0.6) is 0 Å². The van der Waals surface area contributed by atoms with Gasteiger partial charge in [0.1, 0.15) is 17.5 Å². The molecule has 128 valence electrons. The van der Waals surface area contributed by atoms with Gasteiger partial charge in [-0.05, 0) is 40.5 Å². The van der Waals surface area contributed by atoms with Crippen molar-refractivity contribution >= 4 is 11.9 Å². The summed E-state index contributed by atoms with van der Waals surface area (Å²) in [4.78, 5) is 22.4. The van der Waals surface area contributed by atoms with Gasteiger partial charge in [0.25, 0.3) is 0 Å². The van der Waals surface area contributed by atoms with Crippen LogP contribution in [0.25, 0.3) is 0 Å². The molecule has 1 saturated heterocycles. The molecule has 0 N–H and O–H groups in total. The normalized spacial score (nSPS) is 19.5. The Morgan fingerprint density at radius 3 is 2.70 bits per heavy atom. The topological polar surface area (TPSA) is 80.8 Å². The van der Waals surface area contributed by atoms with Gasteiger partial charge in [0.15, 0.2) is 5.82 Å². The molecule has 7 nitrogen and oxygen atoms in total. The molecule has 2 heterocycles. The number of likely N-dealkylation sites (tertiary alicyclic amines) is 1. The number of hydrogen-bond acceptors (Lipinski definition) is 5. The first kappa shape index (κ1) is 17.4. The van der Waals surface area contributed by atoms with Gasteiger partial charge in [0.2, 0.25) is 5.89 Å². The Labute approximate surface area is 137 Å². The van der Waals surface area contributed by atoms with Crippen LogP contribution >= 0.6 is 0 Å². The van der Waals surface area contributed by atoms with Gasteiger partial charge in [-0.25, -0.2) is 4.79 Å². The number of hydrogen-bond donors (Lipinski definition) is 0. The summed E-state index contributed by atoms with van der Waals surface area (Å²) < 4.78 is 10.6. The van der Waals surface area contributed by atoms with E-state index in [-0.39, 0.29) is 12.0 Å². The fraction of sp³-hybridized carbons (Fsp3) is 0.750. The number of aromatic nitrogens is 2. The highest BCUT2D eigenvalue weighted by Crippen LogP contribution is 2.31. The van der Waals surface area contributed by atoms with Crippen LogP contribution in [0, 0.1) is 0 Å². The maximum atomic E-state index is 11.9. The van der Waals surface area contributed by atoms with E-state index in [4.69, 9.17) is 9.26 Å². The second-order valence-corrected chi connectivity index (χ2v) is 7.14. The molecule has 0 aliphatic carbocycles. The van der Waals surface area contributed by atoms with Gasteiger partial charge in [-0.15, -0.1) is 0 Å². The molecule has 1 aromatic rings. The number of carbonyl (C=O) groups is 1. The molecule has 0 unspecified atom stereocenters. The summed E-state index contributed by atoms with van der Waals surface area (Å²) >= 11 is 0. The second kappa shape index (κ2) is 6.68. The predicted octanol–water partition coefficient (Wildman–Crippen LogP) is 3.68. The van der Waals surface area contributed by atoms with E-state index in [2.05, 4.69) is 15.1 Å². The number of aliphatic imine (C=N–C) groups is 1. The zero-order valence-electron chi connectivity index (χ0n) is 14.8. The summed E-state index contributed by atoms with van der Waals surface area (Å²) in [5.41, 5.74) is -0.552. The Hall–Kier alpha value is -1.92. The van der Waals surface area contributed by atoms with E-state index >= 15 is 0 Å². The van der Waals surface area contributed by atoms with E-state index < -0.39 is 11.7 Å². The lowest BCUT2D eigenvalue weighted by atomic mass is 10.2. The number of carbonyl (C=O) groups excluding carboxylic acids is 1. The summed E-state index contributed by atoms with van der Waals surface area (Å²) in [5, 5.41) is 4.02. The lowest BCUT2D eigenvalue weighted by Gasteiger charge is -2.24. The fourth-order valence-corrected chi connectivity index (χ4v) is 2.51. The third-order valence-electron chi connectivity index (χ3n) is 3.57.